The Balaban J connectivity index is 1.82. The minimum Gasteiger partial charge on any atom is -0.467 e. The SMILES string of the molecule is CCNC(=NCC(=O)NCc1ccco1)N1CCC(NC(=O)OC(C)(C)C)C1. The maximum absolute atomic E-state index is 12.0. The number of carbonyl (C=O) groups excluding carboxylic acids is 2. The van der Waals surface area contributed by atoms with E-state index in [0.29, 0.717) is 31.4 Å². The largest absolute Gasteiger partial charge is 0.467 e. The number of amides is 2. The standard InChI is InChI=1S/C19H31N5O4/c1-5-20-17(22-12-16(25)21-11-15-7-6-10-27-15)24-9-8-14(13-24)23-18(26)28-19(2,3)4/h6-7,10,14H,5,8-9,11-13H2,1-4H3,(H,20,22)(H,21,25)(H,23,26). The van der Waals surface area contributed by atoms with E-state index in [0.717, 1.165) is 13.0 Å². The molecule has 0 spiro atoms. The molecule has 1 aliphatic rings. The number of hydrogen-bond acceptors (Lipinski definition) is 5. The fraction of sp³-hybridized carbons (Fsp3) is 0.632. The van der Waals surface area contributed by atoms with E-state index in [9.17, 15) is 9.59 Å². The van der Waals surface area contributed by atoms with Crippen LogP contribution in [0.15, 0.2) is 27.8 Å². The Kier molecular flexibility index (Phi) is 7.71. The van der Waals surface area contributed by atoms with Crippen molar-refractivity contribution >= 4 is 18.0 Å². The van der Waals surface area contributed by atoms with Crippen LogP contribution in [0.3, 0.4) is 0 Å². The van der Waals surface area contributed by atoms with E-state index < -0.39 is 11.7 Å². The lowest BCUT2D eigenvalue weighted by atomic mass is 10.2. The second-order valence-corrected chi connectivity index (χ2v) is 7.60. The molecule has 1 atom stereocenters. The number of rotatable bonds is 6. The lowest BCUT2D eigenvalue weighted by Gasteiger charge is -2.23. The van der Waals surface area contributed by atoms with Crippen molar-refractivity contribution in [2.45, 2.75) is 52.3 Å². The van der Waals surface area contributed by atoms with Crippen LogP contribution >= 0.6 is 0 Å². The van der Waals surface area contributed by atoms with E-state index in [4.69, 9.17) is 9.15 Å². The van der Waals surface area contributed by atoms with Crippen LogP contribution in [0.25, 0.3) is 0 Å². The number of likely N-dealkylation sites (tertiary alicyclic amines) is 1. The molecule has 0 bridgehead atoms. The van der Waals surface area contributed by atoms with Crippen LogP contribution in [-0.2, 0) is 16.1 Å². The van der Waals surface area contributed by atoms with E-state index in [2.05, 4.69) is 20.9 Å². The first kappa shape index (κ1) is 21.6. The van der Waals surface area contributed by atoms with Gasteiger partial charge < -0.3 is 30.0 Å². The van der Waals surface area contributed by atoms with Gasteiger partial charge in [-0.15, -0.1) is 0 Å². The van der Waals surface area contributed by atoms with E-state index in [1.54, 1.807) is 18.4 Å². The van der Waals surface area contributed by atoms with E-state index in [-0.39, 0.29) is 18.5 Å². The first-order valence-corrected chi connectivity index (χ1v) is 9.58. The maximum atomic E-state index is 12.0. The zero-order valence-electron chi connectivity index (χ0n) is 17.1. The molecule has 1 fully saturated rings. The molecule has 1 aliphatic heterocycles. The summed E-state index contributed by atoms with van der Waals surface area (Å²) in [4.78, 5) is 30.4. The van der Waals surface area contributed by atoms with Crippen molar-refractivity contribution in [1.82, 2.24) is 20.9 Å². The lowest BCUT2D eigenvalue weighted by molar-refractivity contribution is -0.119. The molecule has 28 heavy (non-hydrogen) atoms. The molecule has 1 aromatic heterocycles. The van der Waals surface area contributed by atoms with E-state index >= 15 is 0 Å². The summed E-state index contributed by atoms with van der Waals surface area (Å²) >= 11 is 0. The van der Waals surface area contributed by atoms with Crippen molar-refractivity contribution in [2.24, 2.45) is 4.99 Å². The number of ether oxygens (including phenoxy) is 1. The molecule has 0 saturated carbocycles. The van der Waals surface area contributed by atoms with Gasteiger partial charge in [0.25, 0.3) is 0 Å². The average molecular weight is 393 g/mol. The van der Waals surface area contributed by atoms with Gasteiger partial charge in [-0.05, 0) is 46.2 Å². The number of alkyl carbamates (subject to hydrolysis) is 1. The van der Waals surface area contributed by atoms with Crippen LogP contribution < -0.4 is 16.0 Å². The van der Waals surface area contributed by atoms with Crippen molar-refractivity contribution in [1.29, 1.82) is 0 Å². The molecule has 9 heteroatoms. The molecule has 3 N–H and O–H groups in total. The minimum atomic E-state index is -0.526. The number of carbonyl (C=O) groups is 2. The Hall–Kier alpha value is -2.71. The first-order valence-electron chi connectivity index (χ1n) is 9.58. The average Bonchev–Trinajstić information content (AvgIpc) is 3.26. The van der Waals surface area contributed by atoms with E-state index in [1.807, 2.05) is 32.6 Å². The Morgan fingerprint density at radius 2 is 2.14 bits per heavy atom. The molecular formula is C19H31N5O4. The normalized spacial score (nSPS) is 17.4. The highest BCUT2D eigenvalue weighted by Gasteiger charge is 2.27. The summed E-state index contributed by atoms with van der Waals surface area (Å²) in [7, 11) is 0. The molecule has 1 unspecified atom stereocenters. The lowest BCUT2D eigenvalue weighted by Crippen LogP contribution is -2.44. The molecule has 0 aliphatic carbocycles. The van der Waals surface area contributed by atoms with Crippen LogP contribution in [0, 0.1) is 0 Å². The summed E-state index contributed by atoms with van der Waals surface area (Å²) in [5, 5.41) is 8.85. The Bertz CT molecular complexity index is 666. The molecule has 2 amide bonds. The number of nitrogens with zero attached hydrogens (tertiary/aromatic N) is 2. The Morgan fingerprint density at radius 3 is 2.79 bits per heavy atom. The number of aliphatic imine (C=N–C) groups is 1. The van der Waals surface area contributed by atoms with Gasteiger partial charge in [0.15, 0.2) is 5.96 Å². The molecule has 156 valence electrons. The molecule has 2 heterocycles. The number of hydrogen-bond donors (Lipinski definition) is 3. The molecule has 0 radical (unpaired) electrons. The predicted molar refractivity (Wildman–Crippen MR) is 106 cm³/mol. The molecule has 1 aromatic rings. The van der Waals surface area contributed by atoms with Gasteiger partial charge in [0, 0.05) is 19.6 Å². The van der Waals surface area contributed by atoms with Gasteiger partial charge in [0.05, 0.1) is 18.8 Å². The molecule has 2 rings (SSSR count). The summed E-state index contributed by atoms with van der Waals surface area (Å²) in [6.45, 7) is 9.86. The van der Waals surface area contributed by atoms with Crippen LogP contribution in [0.4, 0.5) is 4.79 Å². The smallest absolute Gasteiger partial charge is 0.407 e. The second-order valence-electron chi connectivity index (χ2n) is 7.60. The number of furan rings is 1. The molecule has 1 saturated heterocycles. The summed E-state index contributed by atoms with van der Waals surface area (Å²) in [6, 6.07) is 3.56. The van der Waals surface area contributed by atoms with Gasteiger partial charge in [-0.2, -0.15) is 0 Å². The topological polar surface area (TPSA) is 108 Å². The third kappa shape index (κ3) is 7.50. The van der Waals surface area contributed by atoms with Gasteiger partial charge in [-0.25, -0.2) is 9.79 Å². The molecule has 0 aromatic carbocycles. The summed E-state index contributed by atoms with van der Waals surface area (Å²) < 4.78 is 10.5. The fourth-order valence-electron chi connectivity index (χ4n) is 2.77. The second kappa shape index (κ2) is 10.0. The van der Waals surface area contributed by atoms with Crippen molar-refractivity contribution in [3.05, 3.63) is 24.2 Å². The van der Waals surface area contributed by atoms with Gasteiger partial charge >= 0.3 is 6.09 Å². The predicted octanol–water partition coefficient (Wildman–Crippen LogP) is 1.46. The monoisotopic (exact) mass is 393 g/mol. The van der Waals surface area contributed by atoms with Crippen molar-refractivity contribution in [3.8, 4) is 0 Å². The van der Waals surface area contributed by atoms with Gasteiger partial charge in [0.1, 0.15) is 17.9 Å². The first-order chi connectivity index (χ1) is 13.3. The highest BCUT2D eigenvalue weighted by atomic mass is 16.6. The quantitative estimate of drug-likeness (QED) is 0.499. The van der Waals surface area contributed by atoms with Crippen molar-refractivity contribution in [2.75, 3.05) is 26.2 Å². The van der Waals surface area contributed by atoms with Gasteiger partial charge in [-0.1, -0.05) is 0 Å². The van der Waals surface area contributed by atoms with Gasteiger partial charge in [0.2, 0.25) is 5.91 Å². The molecule has 9 nitrogen and oxygen atoms in total. The maximum Gasteiger partial charge on any atom is 0.407 e. The summed E-state index contributed by atoms with van der Waals surface area (Å²) in [5.74, 6) is 1.17. The summed E-state index contributed by atoms with van der Waals surface area (Å²) in [5.41, 5.74) is -0.526. The number of nitrogens with one attached hydrogen (secondary N) is 3. The third-order valence-electron chi connectivity index (χ3n) is 3.96. The summed E-state index contributed by atoms with van der Waals surface area (Å²) in [6.07, 6.45) is 1.94. The third-order valence-corrected chi connectivity index (χ3v) is 3.96. The highest BCUT2D eigenvalue weighted by Crippen LogP contribution is 2.12. The zero-order valence-corrected chi connectivity index (χ0v) is 17.1. The van der Waals surface area contributed by atoms with Crippen LogP contribution in [-0.4, -0.2) is 60.7 Å². The van der Waals surface area contributed by atoms with Crippen LogP contribution in [0.5, 0.6) is 0 Å². The molecular weight excluding hydrogens is 362 g/mol. The van der Waals surface area contributed by atoms with Crippen LogP contribution in [0.1, 0.15) is 39.9 Å². The Labute approximate surface area is 165 Å². The van der Waals surface area contributed by atoms with Crippen molar-refractivity contribution in [3.63, 3.8) is 0 Å². The number of guanidine groups is 1. The van der Waals surface area contributed by atoms with E-state index in [1.165, 1.54) is 0 Å². The van der Waals surface area contributed by atoms with Crippen LogP contribution in [0.2, 0.25) is 0 Å². The fourth-order valence-corrected chi connectivity index (χ4v) is 2.77. The highest BCUT2D eigenvalue weighted by molar-refractivity contribution is 5.85. The Morgan fingerprint density at radius 1 is 1.36 bits per heavy atom. The van der Waals surface area contributed by atoms with Gasteiger partial charge in [-0.3, -0.25) is 4.79 Å². The van der Waals surface area contributed by atoms with Crippen molar-refractivity contribution < 1.29 is 18.7 Å². The minimum absolute atomic E-state index is 0.0176. The zero-order chi connectivity index (χ0) is 20.6.